The van der Waals surface area contributed by atoms with Gasteiger partial charge in [0.05, 0.1) is 18.8 Å². The molecule has 0 saturated carbocycles. The predicted octanol–water partition coefficient (Wildman–Crippen LogP) is 3.72. The minimum Gasteiger partial charge on any atom is -0.465 e. The third kappa shape index (κ3) is 2.96. The molecule has 0 aromatic carbocycles. The van der Waals surface area contributed by atoms with E-state index in [0.717, 1.165) is 30.2 Å². The van der Waals surface area contributed by atoms with Gasteiger partial charge in [-0.05, 0) is 43.7 Å². The predicted molar refractivity (Wildman–Crippen MR) is 86.2 cm³/mol. The lowest BCUT2D eigenvalue weighted by molar-refractivity contribution is -0.145. The second kappa shape index (κ2) is 6.15. The monoisotopic (exact) mass is 322 g/mol. The molecule has 3 rings (SSSR count). The first-order valence-electron chi connectivity index (χ1n) is 7.12. The molecule has 1 aliphatic rings. The topological polar surface area (TPSA) is 51.2 Å². The van der Waals surface area contributed by atoms with Crippen molar-refractivity contribution >= 4 is 33.8 Å². The van der Waals surface area contributed by atoms with Crippen LogP contribution in [-0.2, 0) is 22.5 Å². The normalized spacial score (nSPS) is 16.8. The minimum absolute atomic E-state index is 0.137. The number of nitrogens with one attached hydrogen (secondary N) is 1. The molecule has 112 valence electrons. The number of carbonyl (C=O) groups excluding carboxylic acids is 1. The van der Waals surface area contributed by atoms with Gasteiger partial charge < -0.3 is 10.1 Å². The van der Waals surface area contributed by atoms with Crippen LogP contribution in [0.2, 0.25) is 0 Å². The van der Waals surface area contributed by atoms with E-state index in [1.807, 2.05) is 6.92 Å². The van der Waals surface area contributed by atoms with E-state index in [2.05, 4.69) is 28.7 Å². The van der Waals surface area contributed by atoms with Gasteiger partial charge in [-0.15, -0.1) is 22.7 Å². The maximum Gasteiger partial charge on any atom is 0.315 e. The lowest BCUT2D eigenvalue weighted by Gasteiger charge is -2.08. The number of carbonyl (C=O) groups is 1. The van der Waals surface area contributed by atoms with Crippen LogP contribution in [0.1, 0.15) is 40.3 Å². The van der Waals surface area contributed by atoms with Crippen molar-refractivity contribution in [1.82, 2.24) is 4.98 Å². The fourth-order valence-electron chi connectivity index (χ4n) is 2.52. The molecular formula is C15H18N2O2S2. The number of aryl methyl sites for hydroxylation is 2. The van der Waals surface area contributed by atoms with E-state index in [1.165, 1.54) is 15.3 Å². The van der Waals surface area contributed by atoms with E-state index in [0.29, 0.717) is 6.61 Å². The molecule has 2 aromatic heterocycles. The van der Waals surface area contributed by atoms with Gasteiger partial charge in [-0.1, -0.05) is 0 Å². The van der Waals surface area contributed by atoms with Gasteiger partial charge in [0.2, 0.25) is 0 Å². The SMILES string of the molecule is CCOC(=O)C1CCc2sc(NCc3sccc3C)nc21. The van der Waals surface area contributed by atoms with Crippen molar-refractivity contribution in [2.75, 3.05) is 11.9 Å². The standard InChI is InChI=1S/C15H18N2O2S2/c1-3-19-14(18)10-4-5-11-13(10)17-15(21-11)16-8-12-9(2)6-7-20-12/h6-7,10H,3-5,8H2,1-2H3,(H,16,17). The number of esters is 1. The van der Waals surface area contributed by atoms with E-state index >= 15 is 0 Å². The molecule has 4 nitrogen and oxygen atoms in total. The molecule has 0 aliphatic heterocycles. The first-order chi connectivity index (χ1) is 10.2. The molecule has 1 N–H and O–H groups in total. The quantitative estimate of drug-likeness (QED) is 0.853. The second-order valence-corrected chi connectivity index (χ2v) is 7.14. The number of fused-ring (bicyclic) bond motifs is 1. The molecule has 1 atom stereocenters. The zero-order valence-electron chi connectivity index (χ0n) is 12.1. The molecule has 0 saturated heterocycles. The number of thiazole rings is 1. The Morgan fingerprint density at radius 1 is 1.57 bits per heavy atom. The summed E-state index contributed by atoms with van der Waals surface area (Å²) in [6, 6.07) is 2.13. The van der Waals surface area contributed by atoms with Crippen LogP contribution in [0.4, 0.5) is 5.13 Å². The van der Waals surface area contributed by atoms with Crippen LogP contribution in [0.25, 0.3) is 0 Å². The minimum atomic E-state index is -0.171. The van der Waals surface area contributed by atoms with E-state index in [1.54, 1.807) is 22.7 Å². The fourth-order valence-corrected chi connectivity index (χ4v) is 4.40. The molecule has 2 heterocycles. The van der Waals surface area contributed by atoms with Crippen LogP contribution in [0.5, 0.6) is 0 Å². The lowest BCUT2D eigenvalue weighted by atomic mass is 10.1. The van der Waals surface area contributed by atoms with Crippen LogP contribution >= 0.6 is 22.7 Å². The summed E-state index contributed by atoms with van der Waals surface area (Å²) in [5.41, 5.74) is 2.23. The molecule has 0 spiro atoms. The van der Waals surface area contributed by atoms with Gasteiger partial charge in [-0.3, -0.25) is 4.79 Å². The molecule has 0 fully saturated rings. The van der Waals surface area contributed by atoms with Crippen molar-refractivity contribution < 1.29 is 9.53 Å². The van der Waals surface area contributed by atoms with Gasteiger partial charge >= 0.3 is 5.97 Å². The smallest absolute Gasteiger partial charge is 0.315 e. The Hall–Kier alpha value is -1.40. The van der Waals surface area contributed by atoms with Gasteiger partial charge in [-0.2, -0.15) is 0 Å². The van der Waals surface area contributed by atoms with Crippen molar-refractivity contribution in [3.63, 3.8) is 0 Å². The van der Waals surface area contributed by atoms with Crippen molar-refractivity contribution in [1.29, 1.82) is 0 Å². The van der Waals surface area contributed by atoms with E-state index in [4.69, 9.17) is 4.74 Å². The van der Waals surface area contributed by atoms with Crippen molar-refractivity contribution in [2.24, 2.45) is 0 Å². The molecule has 0 amide bonds. The van der Waals surface area contributed by atoms with Crippen molar-refractivity contribution in [2.45, 2.75) is 39.2 Å². The number of hydrogen-bond donors (Lipinski definition) is 1. The highest BCUT2D eigenvalue weighted by Gasteiger charge is 2.33. The van der Waals surface area contributed by atoms with Gasteiger partial charge in [0.25, 0.3) is 0 Å². The number of rotatable bonds is 5. The maximum absolute atomic E-state index is 11.9. The average molecular weight is 322 g/mol. The highest BCUT2D eigenvalue weighted by Crippen LogP contribution is 2.39. The molecule has 21 heavy (non-hydrogen) atoms. The van der Waals surface area contributed by atoms with Crippen LogP contribution < -0.4 is 5.32 Å². The van der Waals surface area contributed by atoms with Crippen molar-refractivity contribution in [3.8, 4) is 0 Å². The summed E-state index contributed by atoms with van der Waals surface area (Å²) in [7, 11) is 0. The highest BCUT2D eigenvalue weighted by atomic mass is 32.1. The molecule has 1 unspecified atom stereocenters. The van der Waals surface area contributed by atoms with Crippen LogP contribution in [0.3, 0.4) is 0 Å². The Morgan fingerprint density at radius 2 is 2.43 bits per heavy atom. The number of hydrogen-bond acceptors (Lipinski definition) is 6. The Labute approximate surface area is 132 Å². The molecule has 2 aromatic rings. The van der Waals surface area contributed by atoms with E-state index < -0.39 is 0 Å². The molecular weight excluding hydrogens is 304 g/mol. The Balaban J connectivity index is 1.69. The zero-order chi connectivity index (χ0) is 14.8. The number of anilines is 1. The van der Waals surface area contributed by atoms with Gasteiger partial charge in [0, 0.05) is 9.75 Å². The fraction of sp³-hybridized carbons (Fsp3) is 0.467. The summed E-state index contributed by atoms with van der Waals surface area (Å²) in [4.78, 5) is 19.1. The number of nitrogens with zero attached hydrogens (tertiary/aromatic N) is 1. The van der Waals surface area contributed by atoms with E-state index in [9.17, 15) is 4.79 Å². The average Bonchev–Trinajstić information content (AvgIpc) is 3.11. The van der Waals surface area contributed by atoms with Crippen LogP contribution in [-0.4, -0.2) is 17.6 Å². The summed E-state index contributed by atoms with van der Waals surface area (Å²) < 4.78 is 5.13. The summed E-state index contributed by atoms with van der Waals surface area (Å²) in [6.45, 7) is 5.18. The number of ether oxygens (including phenoxy) is 1. The second-order valence-electron chi connectivity index (χ2n) is 5.05. The molecule has 0 bridgehead atoms. The maximum atomic E-state index is 11.9. The molecule has 6 heteroatoms. The van der Waals surface area contributed by atoms with Gasteiger partial charge in [0.1, 0.15) is 5.92 Å². The Kier molecular flexibility index (Phi) is 4.26. The van der Waals surface area contributed by atoms with Crippen LogP contribution in [0.15, 0.2) is 11.4 Å². The number of aromatic nitrogens is 1. The Morgan fingerprint density at radius 3 is 3.14 bits per heavy atom. The highest BCUT2D eigenvalue weighted by molar-refractivity contribution is 7.15. The molecule has 1 aliphatic carbocycles. The third-order valence-corrected chi connectivity index (χ3v) is 5.77. The van der Waals surface area contributed by atoms with Gasteiger partial charge in [-0.25, -0.2) is 4.98 Å². The summed E-state index contributed by atoms with van der Waals surface area (Å²) in [5.74, 6) is -0.308. The first kappa shape index (κ1) is 14.5. The lowest BCUT2D eigenvalue weighted by Crippen LogP contribution is -2.14. The summed E-state index contributed by atoms with van der Waals surface area (Å²) in [5, 5.41) is 6.38. The summed E-state index contributed by atoms with van der Waals surface area (Å²) >= 11 is 3.42. The third-order valence-electron chi connectivity index (χ3n) is 3.66. The molecule has 0 radical (unpaired) electrons. The largest absolute Gasteiger partial charge is 0.465 e. The summed E-state index contributed by atoms with van der Waals surface area (Å²) in [6.07, 6.45) is 1.76. The van der Waals surface area contributed by atoms with Crippen molar-refractivity contribution in [3.05, 3.63) is 32.5 Å². The zero-order valence-corrected chi connectivity index (χ0v) is 13.8. The van der Waals surface area contributed by atoms with Gasteiger partial charge in [0.15, 0.2) is 5.13 Å². The first-order valence-corrected chi connectivity index (χ1v) is 8.81. The van der Waals surface area contributed by atoms with E-state index in [-0.39, 0.29) is 11.9 Å². The number of thiophene rings is 1. The van der Waals surface area contributed by atoms with Crippen LogP contribution in [0, 0.1) is 6.92 Å². The Bertz CT molecular complexity index is 648.